The summed E-state index contributed by atoms with van der Waals surface area (Å²) in [7, 11) is 0. The van der Waals surface area contributed by atoms with Gasteiger partial charge in [-0.15, -0.1) is 0 Å². The van der Waals surface area contributed by atoms with Gasteiger partial charge in [0.1, 0.15) is 5.75 Å². The van der Waals surface area contributed by atoms with Gasteiger partial charge in [0.25, 0.3) is 5.91 Å². The molecule has 1 unspecified atom stereocenters. The first-order valence-electron chi connectivity index (χ1n) is 8.45. The molecule has 2 aromatic carbocycles. The molecule has 2 rings (SSSR count). The van der Waals surface area contributed by atoms with Gasteiger partial charge in [0.05, 0.1) is 12.6 Å². The van der Waals surface area contributed by atoms with Crippen molar-refractivity contribution in [2.24, 2.45) is 0 Å². The molecule has 0 fully saturated rings. The fourth-order valence-electron chi connectivity index (χ4n) is 2.68. The van der Waals surface area contributed by atoms with E-state index in [0.29, 0.717) is 5.56 Å². The van der Waals surface area contributed by atoms with E-state index in [-0.39, 0.29) is 30.2 Å². The zero-order chi connectivity index (χ0) is 20.0. The first-order valence-corrected chi connectivity index (χ1v) is 8.45. The molecule has 0 radical (unpaired) electrons. The minimum Gasteiger partial charge on any atom is -0.435 e. The van der Waals surface area contributed by atoms with Gasteiger partial charge in [0.2, 0.25) is 5.91 Å². The Morgan fingerprint density at radius 2 is 1.63 bits per heavy atom. The number of carbonyl (C=O) groups is 2. The van der Waals surface area contributed by atoms with Gasteiger partial charge in [0.15, 0.2) is 0 Å². The maximum absolute atomic E-state index is 12.2. The fourth-order valence-corrected chi connectivity index (χ4v) is 2.68. The number of benzene rings is 2. The number of ether oxygens (including phenoxy) is 1. The minimum absolute atomic E-state index is 0.0491. The molecule has 2 aromatic rings. The number of nitrogens with one attached hydrogen (secondary N) is 2. The number of rotatable bonds is 7. The molecule has 7 heteroatoms. The van der Waals surface area contributed by atoms with E-state index in [4.69, 9.17) is 0 Å². The second kappa shape index (κ2) is 9.12. The maximum Gasteiger partial charge on any atom is 0.387 e. The molecule has 0 aliphatic carbocycles. The largest absolute Gasteiger partial charge is 0.435 e. The molecule has 1 atom stereocenters. The summed E-state index contributed by atoms with van der Waals surface area (Å²) < 4.78 is 28.6. The van der Waals surface area contributed by atoms with E-state index in [9.17, 15) is 18.4 Å². The summed E-state index contributed by atoms with van der Waals surface area (Å²) in [4.78, 5) is 24.2. The van der Waals surface area contributed by atoms with Crippen molar-refractivity contribution < 1.29 is 23.1 Å². The zero-order valence-electron chi connectivity index (χ0n) is 15.4. The van der Waals surface area contributed by atoms with Crippen LogP contribution in [0.1, 0.15) is 40.0 Å². The molecule has 2 N–H and O–H groups in total. The Morgan fingerprint density at radius 1 is 1.04 bits per heavy atom. The van der Waals surface area contributed by atoms with Crippen molar-refractivity contribution in [3.63, 3.8) is 0 Å². The number of alkyl halides is 2. The summed E-state index contributed by atoms with van der Waals surface area (Å²) >= 11 is 0. The van der Waals surface area contributed by atoms with Gasteiger partial charge < -0.3 is 15.4 Å². The normalized spacial score (nSPS) is 11.8. The second-order valence-corrected chi connectivity index (χ2v) is 6.30. The Kier molecular flexibility index (Phi) is 6.87. The van der Waals surface area contributed by atoms with Gasteiger partial charge in [-0.1, -0.05) is 29.3 Å². The summed E-state index contributed by atoms with van der Waals surface area (Å²) in [5.41, 5.74) is 3.17. The van der Waals surface area contributed by atoms with Crippen LogP contribution in [0.4, 0.5) is 8.78 Å². The molecule has 2 amide bonds. The van der Waals surface area contributed by atoms with Crippen molar-refractivity contribution in [3.8, 4) is 5.75 Å². The van der Waals surface area contributed by atoms with Gasteiger partial charge >= 0.3 is 6.61 Å². The number of halogens is 2. The molecular weight excluding hydrogens is 354 g/mol. The van der Waals surface area contributed by atoms with Crippen LogP contribution in [-0.2, 0) is 4.79 Å². The van der Waals surface area contributed by atoms with Crippen molar-refractivity contribution in [1.82, 2.24) is 10.6 Å². The summed E-state index contributed by atoms with van der Waals surface area (Å²) in [6, 6.07) is 11.1. The first-order chi connectivity index (χ1) is 12.7. The third-order valence-electron chi connectivity index (χ3n) is 3.88. The van der Waals surface area contributed by atoms with Crippen LogP contribution < -0.4 is 15.4 Å². The molecule has 0 aliphatic heterocycles. The van der Waals surface area contributed by atoms with Gasteiger partial charge in [-0.25, -0.2) is 0 Å². The molecule has 0 spiro atoms. The Hall–Kier alpha value is -2.96. The molecule has 27 heavy (non-hydrogen) atoms. The lowest BCUT2D eigenvalue weighted by Gasteiger charge is -2.15. The third-order valence-corrected chi connectivity index (χ3v) is 3.88. The number of aryl methyl sites for hydroxylation is 2. The summed E-state index contributed by atoms with van der Waals surface area (Å²) in [6.45, 7) is 2.51. The van der Waals surface area contributed by atoms with Crippen molar-refractivity contribution >= 4 is 11.8 Å². The lowest BCUT2D eigenvalue weighted by Crippen LogP contribution is -2.38. The van der Waals surface area contributed by atoms with Crippen molar-refractivity contribution in [2.75, 3.05) is 6.54 Å². The number of amides is 2. The van der Waals surface area contributed by atoms with Crippen molar-refractivity contribution in [2.45, 2.75) is 33.4 Å². The SMILES string of the molecule is Cc1cc(C)cc(C(=O)NCC(=O)NC(C)c2ccc(OC(F)F)cc2)c1. The second-order valence-electron chi connectivity index (χ2n) is 6.30. The molecule has 0 saturated carbocycles. The summed E-state index contributed by atoms with van der Waals surface area (Å²) in [5, 5.41) is 5.33. The smallest absolute Gasteiger partial charge is 0.387 e. The Bertz CT molecular complexity index is 787. The van der Waals surface area contributed by atoms with E-state index in [0.717, 1.165) is 16.7 Å². The molecule has 5 nitrogen and oxygen atoms in total. The van der Waals surface area contributed by atoms with Gasteiger partial charge in [-0.2, -0.15) is 8.78 Å². The summed E-state index contributed by atoms with van der Waals surface area (Å²) in [6.07, 6.45) is 0. The van der Waals surface area contributed by atoms with Gasteiger partial charge in [-0.3, -0.25) is 9.59 Å². The highest BCUT2D eigenvalue weighted by Gasteiger charge is 2.13. The highest BCUT2D eigenvalue weighted by Crippen LogP contribution is 2.19. The van der Waals surface area contributed by atoms with Crippen LogP contribution in [0.15, 0.2) is 42.5 Å². The predicted molar refractivity (Wildman–Crippen MR) is 97.9 cm³/mol. The predicted octanol–water partition coefficient (Wildman–Crippen LogP) is 3.51. The van der Waals surface area contributed by atoms with E-state index in [1.165, 1.54) is 12.1 Å². The van der Waals surface area contributed by atoms with Crippen LogP contribution in [-0.4, -0.2) is 25.0 Å². The van der Waals surface area contributed by atoms with E-state index in [2.05, 4.69) is 15.4 Å². The van der Waals surface area contributed by atoms with Gasteiger partial charge in [0, 0.05) is 5.56 Å². The minimum atomic E-state index is -2.88. The van der Waals surface area contributed by atoms with Crippen LogP contribution >= 0.6 is 0 Å². The molecule has 0 saturated heterocycles. The van der Waals surface area contributed by atoms with Crippen LogP contribution in [0, 0.1) is 13.8 Å². The third kappa shape index (κ3) is 6.36. The Balaban J connectivity index is 1.86. The van der Waals surface area contributed by atoms with Crippen molar-refractivity contribution in [1.29, 1.82) is 0 Å². The van der Waals surface area contributed by atoms with Crippen LogP contribution in [0.25, 0.3) is 0 Å². The highest BCUT2D eigenvalue weighted by atomic mass is 19.3. The molecule has 0 aromatic heterocycles. The maximum atomic E-state index is 12.2. The van der Waals surface area contributed by atoms with Crippen LogP contribution in [0.2, 0.25) is 0 Å². The topological polar surface area (TPSA) is 67.4 Å². The van der Waals surface area contributed by atoms with Crippen molar-refractivity contribution in [3.05, 3.63) is 64.7 Å². The zero-order valence-corrected chi connectivity index (χ0v) is 15.4. The Labute approximate surface area is 156 Å². The van der Waals surface area contributed by atoms with Crippen LogP contribution in [0.3, 0.4) is 0 Å². The summed E-state index contributed by atoms with van der Waals surface area (Å²) in [5.74, 6) is -0.626. The van der Waals surface area contributed by atoms with Crippen LogP contribution in [0.5, 0.6) is 5.75 Å². The molecular formula is C20H22F2N2O3. The number of hydrogen-bond donors (Lipinski definition) is 2. The quantitative estimate of drug-likeness (QED) is 0.777. The molecule has 0 heterocycles. The van der Waals surface area contributed by atoms with E-state index in [1.807, 2.05) is 19.9 Å². The fraction of sp³-hybridized carbons (Fsp3) is 0.300. The molecule has 144 valence electrons. The Morgan fingerprint density at radius 3 is 2.19 bits per heavy atom. The average molecular weight is 376 g/mol. The van der Waals surface area contributed by atoms with Gasteiger partial charge in [-0.05, 0) is 50.6 Å². The van der Waals surface area contributed by atoms with E-state index in [1.54, 1.807) is 31.2 Å². The average Bonchev–Trinajstić information content (AvgIpc) is 2.58. The standard InChI is InChI=1S/C20H22F2N2O3/c1-12-8-13(2)10-16(9-12)19(26)23-11-18(25)24-14(3)15-4-6-17(7-5-15)27-20(21)22/h4-10,14,20H,11H2,1-3H3,(H,23,26)(H,24,25). The molecule has 0 bridgehead atoms. The number of hydrogen-bond acceptors (Lipinski definition) is 3. The van der Waals surface area contributed by atoms with E-state index < -0.39 is 6.61 Å². The monoisotopic (exact) mass is 376 g/mol. The number of carbonyl (C=O) groups excluding carboxylic acids is 2. The lowest BCUT2D eigenvalue weighted by atomic mass is 10.1. The highest BCUT2D eigenvalue weighted by molar-refractivity contribution is 5.96. The lowest BCUT2D eigenvalue weighted by molar-refractivity contribution is -0.120. The van der Waals surface area contributed by atoms with E-state index >= 15 is 0 Å². The molecule has 0 aliphatic rings. The first kappa shape index (κ1) is 20.4.